The number of hydrogen-bond acceptors (Lipinski definition) is 7. The van der Waals surface area contributed by atoms with Crippen LogP contribution in [0.5, 0.6) is 0 Å². The largest absolute Gasteiger partial charge is 0.271 e. The molecule has 10 nitrogen and oxygen atoms in total. The summed E-state index contributed by atoms with van der Waals surface area (Å²) in [7, 11) is 0. The number of rotatable bonds is 6. The zero-order valence-corrected chi connectivity index (χ0v) is 13.7. The number of nitro groups is 1. The number of carbonyl (C=O) groups excluding carboxylic acids is 1. The molecule has 136 valence electrons. The first-order chi connectivity index (χ1) is 13.0. The van der Waals surface area contributed by atoms with E-state index in [0.717, 1.165) is 4.80 Å². The molecule has 1 aromatic heterocycles. The van der Waals surface area contributed by atoms with Gasteiger partial charge in [-0.1, -0.05) is 0 Å². The third-order valence-electron chi connectivity index (χ3n) is 3.35. The summed E-state index contributed by atoms with van der Waals surface area (Å²) in [5.74, 6) is -0.607. The summed E-state index contributed by atoms with van der Waals surface area (Å²) in [5, 5.41) is 25.9. The number of nitrogens with one attached hydrogen (secondary N) is 1. The topological polar surface area (TPSA) is 128 Å². The molecular formula is C16H12FN7O3. The number of tetrazole rings is 1. The van der Waals surface area contributed by atoms with E-state index in [1.54, 1.807) is 0 Å². The minimum atomic E-state index is -0.506. The number of hydrogen-bond donors (Lipinski definition) is 1. The second kappa shape index (κ2) is 7.91. The van der Waals surface area contributed by atoms with Crippen molar-refractivity contribution in [2.24, 2.45) is 5.10 Å². The molecule has 0 aliphatic heterocycles. The smallest absolute Gasteiger partial charge is 0.269 e. The van der Waals surface area contributed by atoms with E-state index in [2.05, 4.69) is 25.9 Å². The average molecular weight is 369 g/mol. The van der Waals surface area contributed by atoms with Gasteiger partial charge in [0.15, 0.2) is 0 Å². The number of nitrogens with zero attached hydrogens (tertiary/aromatic N) is 6. The van der Waals surface area contributed by atoms with E-state index in [9.17, 15) is 19.3 Å². The lowest BCUT2D eigenvalue weighted by Crippen LogP contribution is -2.24. The Morgan fingerprint density at radius 3 is 2.59 bits per heavy atom. The Hall–Kier alpha value is -4.02. The maximum atomic E-state index is 12.9. The molecule has 1 heterocycles. The molecule has 0 radical (unpaired) electrons. The molecule has 0 unspecified atom stereocenters. The molecule has 1 amide bonds. The summed E-state index contributed by atoms with van der Waals surface area (Å²) in [6, 6.07) is 11.2. The van der Waals surface area contributed by atoms with Crippen LogP contribution in [0.3, 0.4) is 0 Å². The van der Waals surface area contributed by atoms with E-state index >= 15 is 0 Å². The normalized spacial score (nSPS) is 10.9. The first-order valence-corrected chi connectivity index (χ1v) is 7.61. The molecular weight excluding hydrogens is 357 g/mol. The Labute approximate surface area is 151 Å². The average Bonchev–Trinajstić information content (AvgIpc) is 3.11. The van der Waals surface area contributed by atoms with Crippen molar-refractivity contribution in [3.8, 4) is 11.4 Å². The second-order valence-corrected chi connectivity index (χ2v) is 5.29. The van der Waals surface area contributed by atoms with E-state index in [1.165, 1.54) is 54.7 Å². The molecule has 0 spiro atoms. The van der Waals surface area contributed by atoms with Crippen molar-refractivity contribution in [3.05, 3.63) is 70.0 Å². The molecule has 3 aromatic rings. The number of aromatic nitrogens is 4. The Morgan fingerprint density at radius 1 is 1.22 bits per heavy atom. The molecule has 1 N–H and O–H groups in total. The molecule has 0 saturated heterocycles. The van der Waals surface area contributed by atoms with E-state index in [4.69, 9.17) is 0 Å². The Kier molecular flexibility index (Phi) is 5.21. The zero-order chi connectivity index (χ0) is 19.2. The first kappa shape index (κ1) is 17.8. The van der Waals surface area contributed by atoms with Gasteiger partial charge in [-0.3, -0.25) is 14.9 Å². The van der Waals surface area contributed by atoms with Gasteiger partial charge in [0.2, 0.25) is 5.82 Å². The van der Waals surface area contributed by atoms with Gasteiger partial charge in [-0.05, 0) is 47.2 Å². The summed E-state index contributed by atoms with van der Waals surface area (Å²) in [6.07, 6.45) is 1.35. The number of carbonyl (C=O) groups is 1. The molecule has 2 aromatic carbocycles. The summed E-state index contributed by atoms with van der Waals surface area (Å²) < 4.78 is 12.9. The van der Waals surface area contributed by atoms with Crippen molar-refractivity contribution in [2.45, 2.75) is 6.54 Å². The van der Waals surface area contributed by atoms with Gasteiger partial charge in [0, 0.05) is 17.7 Å². The SMILES string of the molecule is O=C(Cn1nnc(-c2ccc(F)cc2)n1)N/N=C\c1ccc([N+](=O)[O-])cc1. The number of benzene rings is 2. The van der Waals surface area contributed by atoms with Crippen molar-refractivity contribution in [2.75, 3.05) is 0 Å². The van der Waals surface area contributed by atoms with Crippen LogP contribution in [0, 0.1) is 15.9 Å². The molecule has 0 fully saturated rings. The highest BCUT2D eigenvalue weighted by molar-refractivity contribution is 5.82. The quantitative estimate of drug-likeness (QED) is 0.399. The Morgan fingerprint density at radius 2 is 1.93 bits per heavy atom. The minimum absolute atomic E-state index is 0.0367. The third-order valence-corrected chi connectivity index (χ3v) is 3.35. The van der Waals surface area contributed by atoms with Crippen LogP contribution in [0.1, 0.15) is 5.56 Å². The van der Waals surface area contributed by atoms with Crippen molar-refractivity contribution >= 4 is 17.8 Å². The maximum absolute atomic E-state index is 12.9. The minimum Gasteiger partial charge on any atom is -0.271 e. The molecule has 11 heteroatoms. The highest BCUT2D eigenvalue weighted by Gasteiger charge is 2.09. The summed E-state index contributed by atoms with van der Waals surface area (Å²) >= 11 is 0. The molecule has 0 saturated carbocycles. The van der Waals surface area contributed by atoms with Crippen LogP contribution in [-0.2, 0) is 11.3 Å². The Bertz CT molecular complexity index is 984. The van der Waals surface area contributed by atoms with Gasteiger partial charge in [-0.15, -0.1) is 10.2 Å². The van der Waals surface area contributed by atoms with E-state index < -0.39 is 10.8 Å². The summed E-state index contributed by atoms with van der Waals surface area (Å²) in [5.41, 5.74) is 3.41. The van der Waals surface area contributed by atoms with Gasteiger partial charge < -0.3 is 0 Å². The predicted molar refractivity (Wildman–Crippen MR) is 92.0 cm³/mol. The second-order valence-electron chi connectivity index (χ2n) is 5.29. The fourth-order valence-corrected chi connectivity index (χ4v) is 2.05. The van der Waals surface area contributed by atoms with Crippen LogP contribution >= 0.6 is 0 Å². The number of hydrazone groups is 1. The molecule has 0 aliphatic rings. The third kappa shape index (κ3) is 4.75. The van der Waals surface area contributed by atoms with Gasteiger partial charge in [0.05, 0.1) is 11.1 Å². The molecule has 0 atom stereocenters. The summed E-state index contributed by atoms with van der Waals surface area (Å²) in [4.78, 5) is 23.0. The molecule has 0 bridgehead atoms. The maximum Gasteiger partial charge on any atom is 0.269 e. The van der Waals surface area contributed by atoms with E-state index in [-0.39, 0.29) is 23.9 Å². The lowest BCUT2D eigenvalue weighted by Gasteiger charge is -1.98. The lowest BCUT2D eigenvalue weighted by molar-refractivity contribution is -0.384. The molecule has 3 rings (SSSR count). The molecule has 0 aliphatic carbocycles. The van der Waals surface area contributed by atoms with Crippen LogP contribution < -0.4 is 5.43 Å². The molecule has 27 heavy (non-hydrogen) atoms. The zero-order valence-electron chi connectivity index (χ0n) is 13.7. The highest BCUT2D eigenvalue weighted by Crippen LogP contribution is 2.13. The predicted octanol–water partition coefficient (Wildman–Crippen LogP) is 1.54. The van der Waals surface area contributed by atoms with Crippen LogP contribution in [0.2, 0.25) is 0 Å². The van der Waals surface area contributed by atoms with Crippen LogP contribution in [0.25, 0.3) is 11.4 Å². The highest BCUT2D eigenvalue weighted by atomic mass is 19.1. The number of halogens is 1. The summed E-state index contributed by atoms with van der Waals surface area (Å²) in [6.45, 7) is -0.216. The number of nitro benzene ring substituents is 1. The fourth-order valence-electron chi connectivity index (χ4n) is 2.05. The standard InChI is InChI=1S/C16H12FN7O3/c17-13-5-3-12(4-6-13)16-20-22-23(21-16)10-15(25)19-18-9-11-1-7-14(8-2-11)24(26)27/h1-9H,10H2,(H,19,25)/b18-9-. The van der Waals surface area contributed by atoms with Gasteiger partial charge in [-0.2, -0.15) is 9.90 Å². The van der Waals surface area contributed by atoms with Crippen LogP contribution in [-0.4, -0.2) is 37.3 Å². The fraction of sp³-hybridized carbons (Fsp3) is 0.0625. The first-order valence-electron chi connectivity index (χ1n) is 7.61. The van der Waals surface area contributed by atoms with E-state index in [0.29, 0.717) is 11.1 Å². The van der Waals surface area contributed by atoms with Gasteiger partial charge in [-0.25, -0.2) is 9.82 Å². The number of amides is 1. The van der Waals surface area contributed by atoms with Gasteiger partial charge >= 0.3 is 0 Å². The van der Waals surface area contributed by atoms with Gasteiger partial charge in [0.25, 0.3) is 11.6 Å². The van der Waals surface area contributed by atoms with E-state index in [1.807, 2.05) is 0 Å². The number of non-ortho nitro benzene ring substituents is 1. The Balaban J connectivity index is 1.55. The van der Waals surface area contributed by atoms with Crippen molar-refractivity contribution in [3.63, 3.8) is 0 Å². The van der Waals surface area contributed by atoms with Crippen molar-refractivity contribution in [1.29, 1.82) is 0 Å². The van der Waals surface area contributed by atoms with Crippen molar-refractivity contribution in [1.82, 2.24) is 25.6 Å². The lowest BCUT2D eigenvalue weighted by atomic mass is 10.2. The van der Waals surface area contributed by atoms with Crippen molar-refractivity contribution < 1.29 is 14.1 Å². The monoisotopic (exact) mass is 369 g/mol. The van der Waals surface area contributed by atoms with Gasteiger partial charge in [0.1, 0.15) is 12.4 Å². The van der Waals surface area contributed by atoms with Crippen LogP contribution in [0.15, 0.2) is 53.6 Å². The van der Waals surface area contributed by atoms with Crippen LogP contribution in [0.4, 0.5) is 10.1 Å².